The van der Waals surface area contributed by atoms with Crippen LogP contribution in [-0.4, -0.2) is 23.8 Å². The number of carbonyl (C=O) groups is 3. The Balaban J connectivity index is 2.27. The Kier molecular flexibility index (Phi) is 7.42. The highest BCUT2D eigenvalue weighted by Gasteiger charge is 2.35. The Morgan fingerprint density at radius 1 is 0.967 bits per heavy atom. The Morgan fingerprint density at radius 2 is 1.60 bits per heavy atom. The van der Waals surface area contributed by atoms with E-state index in [2.05, 4.69) is 16.1 Å². The summed E-state index contributed by atoms with van der Waals surface area (Å²) in [7, 11) is 0. The average Bonchev–Trinajstić information content (AvgIpc) is 2.71. The lowest BCUT2D eigenvalue weighted by Gasteiger charge is -2.31. The Hall–Kier alpha value is -3.10. The van der Waals surface area contributed by atoms with Crippen molar-refractivity contribution < 1.29 is 14.4 Å². The van der Waals surface area contributed by atoms with Crippen molar-refractivity contribution in [1.29, 1.82) is 0 Å². The highest BCUT2D eigenvalue weighted by Crippen LogP contribution is 2.23. The quantitative estimate of drug-likeness (QED) is 0.206. The maximum Gasteiger partial charge on any atom is 0.261 e. The van der Waals surface area contributed by atoms with Gasteiger partial charge >= 0.3 is 0 Å². The fourth-order valence-corrected chi connectivity index (χ4v) is 2.99. The van der Waals surface area contributed by atoms with Crippen LogP contribution in [0.15, 0.2) is 48.5 Å². The predicted octanol–water partition coefficient (Wildman–Crippen LogP) is 1.91. The van der Waals surface area contributed by atoms with Crippen LogP contribution in [-0.2, 0) is 9.59 Å². The molecule has 2 unspecified atom stereocenters. The van der Waals surface area contributed by atoms with Gasteiger partial charge in [-0.05, 0) is 29.2 Å². The second kappa shape index (κ2) is 9.60. The number of hydrazine groups is 1. The van der Waals surface area contributed by atoms with E-state index in [1.165, 1.54) is 18.2 Å². The zero-order chi connectivity index (χ0) is 22.5. The predicted molar refractivity (Wildman–Crippen MR) is 116 cm³/mol. The second-order valence-corrected chi connectivity index (χ2v) is 8.28. The number of benzene rings is 2. The van der Waals surface area contributed by atoms with Crippen LogP contribution in [0.2, 0.25) is 5.02 Å². The number of rotatable bonds is 6. The number of nitrogens with one attached hydrogen (secondary N) is 3. The maximum atomic E-state index is 13.1. The first-order chi connectivity index (χ1) is 14.0. The van der Waals surface area contributed by atoms with Gasteiger partial charge in [0.15, 0.2) is 0 Å². The van der Waals surface area contributed by atoms with Crippen molar-refractivity contribution in [2.75, 3.05) is 5.73 Å². The molecule has 2 atom stereocenters. The summed E-state index contributed by atoms with van der Waals surface area (Å²) in [5.74, 6) is 3.68. The summed E-state index contributed by atoms with van der Waals surface area (Å²) in [6.07, 6.45) is 0. The number of anilines is 1. The summed E-state index contributed by atoms with van der Waals surface area (Å²) in [5.41, 5.74) is 8.24. The lowest BCUT2D eigenvalue weighted by atomic mass is 9.85. The molecule has 0 heterocycles. The van der Waals surface area contributed by atoms with Crippen LogP contribution in [0.5, 0.6) is 0 Å². The molecule has 160 valence electrons. The van der Waals surface area contributed by atoms with Gasteiger partial charge in [0.2, 0.25) is 5.91 Å². The SMILES string of the molecule is CC(C)(C)C(NC(=O)c1ccc(N)c(Cl)c1)C(=O)NC(C(=O)NN)c1ccccc1. The first-order valence-electron chi connectivity index (χ1n) is 9.26. The molecule has 0 saturated carbocycles. The fourth-order valence-electron chi connectivity index (χ4n) is 2.81. The molecular weight excluding hydrogens is 406 g/mol. The molecule has 2 rings (SSSR count). The summed E-state index contributed by atoms with van der Waals surface area (Å²) in [6.45, 7) is 5.40. The third-order valence-electron chi connectivity index (χ3n) is 4.49. The van der Waals surface area contributed by atoms with E-state index >= 15 is 0 Å². The van der Waals surface area contributed by atoms with Crippen molar-refractivity contribution in [3.63, 3.8) is 0 Å². The average molecular weight is 432 g/mol. The summed E-state index contributed by atoms with van der Waals surface area (Å²) in [6, 6.07) is 11.2. The van der Waals surface area contributed by atoms with Crippen molar-refractivity contribution in [1.82, 2.24) is 16.1 Å². The number of amides is 3. The number of carbonyl (C=O) groups excluding carboxylic acids is 3. The van der Waals surface area contributed by atoms with Crippen LogP contribution in [0, 0.1) is 5.41 Å². The molecule has 30 heavy (non-hydrogen) atoms. The van der Waals surface area contributed by atoms with Gasteiger partial charge in [0.05, 0.1) is 10.7 Å². The van der Waals surface area contributed by atoms with E-state index in [0.29, 0.717) is 11.3 Å². The van der Waals surface area contributed by atoms with Gasteiger partial charge in [-0.3, -0.25) is 19.8 Å². The monoisotopic (exact) mass is 431 g/mol. The molecule has 2 aromatic carbocycles. The van der Waals surface area contributed by atoms with Crippen LogP contribution >= 0.6 is 11.6 Å². The molecule has 2 aromatic rings. The molecule has 0 aliphatic rings. The smallest absolute Gasteiger partial charge is 0.261 e. The molecule has 3 amide bonds. The lowest BCUT2D eigenvalue weighted by Crippen LogP contribution is -2.55. The zero-order valence-electron chi connectivity index (χ0n) is 17.0. The van der Waals surface area contributed by atoms with Crippen molar-refractivity contribution >= 4 is 35.0 Å². The van der Waals surface area contributed by atoms with E-state index < -0.39 is 35.2 Å². The summed E-state index contributed by atoms with van der Waals surface area (Å²) < 4.78 is 0. The molecule has 0 radical (unpaired) electrons. The molecule has 0 spiro atoms. The molecule has 0 aliphatic carbocycles. The number of nitrogen functional groups attached to an aromatic ring is 1. The largest absolute Gasteiger partial charge is 0.398 e. The summed E-state index contributed by atoms with van der Waals surface area (Å²) in [4.78, 5) is 38.1. The molecule has 8 nitrogen and oxygen atoms in total. The van der Waals surface area contributed by atoms with Crippen LogP contribution in [0.3, 0.4) is 0 Å². The fraction of sp³-hybridized carbons (Fsp3) is 0.286. The normalized spacial score (nSPS) is 13.1. The molecule has 0 aliphatic heterocycles. The van der Waals surface area contributed by atoms with Crippen LogP contribution in [0.1, 0.15) is 42.7 Å². The Bertz CT molecular complexity index is 928. The Labute approximate surface area is 180 Å². The van der Waals surface area contributed by atoms with Gasteiger partial charge in [0.1, 0.15) is 12.1 Å². The van der Waals surface area contributed by atoms with Gasteiger partial charge in [-0.2, -0.15) is 0 Å². The Morgan fingerprint density at radius 3 is 2.13 bits per heavy atom. The minimum absolute atomic E-state index is 0.239. The van der Waals surface area contributed by atoms with Crippen molar-refractivity contribution in [3.8, 4) is 0 Å². The molecule has 0 saturated heterocycles. The number of nitrogens with two attached hydrogens (primary N) is 2. The summed E-state index contributed by atoms with van der Waals surface area (Å²) >= 11 is 5.99. The minimum Gasteiger partial charge on any atom is -0.398 e. The molecule has 7 N–H and O–H groups in total. The van der Waals surface area contributed by atoms with E-state index in [1.807, 2.05) is 0 Å². The van der Waals surface area contributed by atoms with Crippen LogP contribution in [0.4, 0.5) is 5.69 Å². The van der Waals surface area contributed by atoms with Gasteiger partial charge in [-0.1, -0.05) is 62.7 Å². The topological polar surface area (TPSA) is 139 Å². The van der Waals surface area contributed by atoms with Crippen molar-refractivity contribution in [3.05, 3.63) is 64.7 Å². The number of hydrogen-bond acceptors (Lipinski definition) is 5. The molecule has 0 bridgehead atoms. The van der Waals surface area contributed by atoms with Gasteiger partial charge in [0, 0.05) is 5.56 Å². The number of hydrogen-bond donors (Lipinski definition) is 5. The zero-order valence-corrected chi connectivity index (χ0v) is 17.8. The van der Waals surface area contributed by atoms with Gasteiger partial charge in [-0.25, -0.2) is 5.84 Å². The maximum absolute atomic E-state index is 13.1. The van der Waals surface area contributed by atoms with Gasteiger partial charge < -0.3 is 16.4 Å². The van der Waals surface area contributed by atoms with Crippen molar-refractivity contribution in [2.24, 2.45) is 11.3 Å². The lowest BCUT2D eigenvalue weighted by molar-refractivity contribution is -0.131. The molecule has 0 fully saturated rings. The number of halogens is 1. The molecule has 9 heteroatoms. The van der Waals surface area contributed by atoms with E-state index in [-0.39, 0.29) is 10.6 Å². The van der Waals surface area contributed by atoms with Gasteiger partial charge in [0.25, 0.3) is 11.8 Å². The molecule has 0 aromatic heterocycles. The van der Waals surface area contributed by atoms with Crippen LogP contribution < -0.4 is 27.6 Å². The van der Waals surface area contributed by atoms with Crippen molar-refractivity contribution in [2.45, 2.75) is 32.9 Å². The second-order valence-electron chi connectivity index (χ2n) is 7.87. The third kappa shape index (κ3) is 5.71. The third-order valence-corrected chi connectivity index (χ3v) is 4.82. The molecular formula is C21H26ClN5O3. The van der Waals surface area contributed by atoms with E-state index in [1.54, 1.807) is 51.1 Å². The first kappa shape index (κ1) is 23.2. The first-order valence-corrected chi connectivity index (χ1v) is 9.64. The van der Waals surface area contributed by atoms with E-state index in [9.17, 15) is 14.4 Å². The standard InChI is InChI=1S/C21H26ClN5O3/c1-21(2,3)17(26-18(28)13-9-10-15(23)14(22)11-13)20(30)25-16(19(29)27-24)12-7-5-4-6-8-12/h4-11,16-17H,23-24H2,1-3H3,(H,25,30)(H,26,28)(H,27,29). The van der Waals surface area contributed by atoms with E-state index in [4.69, 9.17) is 23.2 Å². The highest BCUT2D eigenvalue weighted by atomic mass is 35.5. The van der Waals surface area contributed by atoms with Gasteiger partial charge in [-0.15, -0.1) is 0 Å². The van der Waals surface area contributed by atoms with E-state index in [0.717, 1.165) is 0 Å². The van der Waals surface area contributed by atoms with Crippen LogP contribution in [0.25, 0.3) is 0 Å². The minimum atomic E-state index is -1.02. The highest BCUT2D eigenvalue weighted by molar-refractivity contribution is 6.33. The summed E-state index contributed by atoms with van der Waals surface area (Å²) in [5, 5.41) is 5.64.